The molecule has 0 bridgehead atoms. The Morgan fingerprint density at radius 3 is 2.81 bits per heavy atom. The highest BCUT2D eigenvalue weighted by atomic mass is 35.5. The fraction of sp³-hybridized carbons (Fsp3) is 0.0625. The number of fused-ring (bicyclic) bond motifs is 1. The zero-order chi connectivity index (χ0) is 14.8. The number of ether oxygens (including phenoxy) is 1. The molecule has 0 saturated heterocycles. The largest absolute Gasteiger partial charge is 0.486 e. The molecule has 5 heteroatoms. The van der Waals surface area contributed by atoms with Gasteiger partial charge in [0.15, 0.2) is 0 Å². The molecule has 0 fully saturated rings. The number of aromatic carboxylic acids is 1. The molecule has 21 heavy (non-hydrogen) atoms. The van der Waals surface area contributed by atoms with Gasteiger partial charge in [-0.3, -0.25) is 0 Å². The van der Waals surface area contributed by atoms with Crippen molar-refractivity contribution in [1.82, 2.24) is 0 Å². The number of hydrogen-bond donors (Lipinski definition) is 1. The second-order valence-electron chi connectivity index (χ2n) is 4.52. The molecular formula is C16H11ClO4. The molecule has 0 atom stereocenters. The minimum absolute atomic E-state index is 0.194. The maximum absolute atomic E-state index is 10.9. The molecule has 0 unspecified atom stereocenters. The third-order valence-electron chi connectivity index (χ3n) is 3.00. The summed E-state index contributed by atoms with van der Waals surface area (Å²) in [6, 6.07) is 13.7. The summed E-state index contributed by atoms with van der Waals surface area (Å²) >= 11 is 5.88. The lowest BCUT2D eigenvalue weighted by molar-refractivity contribution is 0.0697. The lowest BCUT2D eigenvalue weighted by atomic mass is 10.2. The van der Waals surface area contributed by atoms with Crippen LogP contribution in [0.2, 0.25) is 5.02 Å². The van der Waals surface area contributed by atoms with Crippen LogP contribution in [0, 0.1) is 0 Å². The van der Waals surface area contributed by atoms with Crippen LogP contribution in [0.3, 0.4) is 0 Å². The maximum Gasteiger partial charge on any atom is 0.335 e. The van der Waals surface area contributed by atoms with Crippen LogP contribution in [0.5, 0.6) is 5.75 Å². The Balaban J connectivity index is 1.80. The van der Waals surface area contributed by atoms with E-state index in [1.54, 1.807) is 36.4 Å². The maximum atomic E-state index is 10.9. The third-order valence-corrected chi connectivity index (χ3v) is 3.23. The van der Waals surface area contributed by atoms with Gasteiger partial charge in [-0.05, 0) is 36.4 Å². The van der Waals surface area contributed by atoms with Crippen LogP contribution in [-0.4, -0.2) is 11.1 Å². The number of rotatable bonds is 4. The van der Waals surface area contributed by atoms with E-state index >= 15 is 0 Å². The van der Waals surface area contributed by atoms with E-state index in [1.807, 2.05) is 6.07 Å². The SMILES string of the molecule is O=C(O)c1ccc2cc(COc3cccc(Cl)c3)oc2c1. The molecule has 1 N–H and O–H groups in total. The second kappa shape index (κ2) is 5.50. The number of furan rings is 1. The molecule has 4 nitrogen and oxygen atoms in total. The highest BCUT2D eigenvalue weighted by Gasteiger charge is 2.09. The van der Waals surface area contributed by atoms with E-state index < -0.39 is 5.97 Å². The summed E-state index contributed by atoms with van der Waals surface area (Å²) in [6.07, 6.45) is 0. The predicted octanol–water partition coefficient (Wildman–Crippen LogP) is 4.36. The van der Waals surface area contributed by atoms with Crippen LogP contribution in [0.25, 0.3) is 11.0 Å². The Labute approximate surface area is 125 Å². The van der Waals surface area contributed by atoms with Gasteiger partial charge in [0.25, 0.3) is 0 Å². The lowest BCUT2D eigenvalue weighted by Gasteiger charge is -2.03. The average molecular weight is 303 g/mol. The van der Waals surface area contributed by atoms with Crippen LogP contribution >= 0.6 is 11.6 Å². The Morgan fingerprint density at radius 1 is 1.19 bits per heavy atom. The monoisotopic (exact) mass is 302 g/mol. The number of benzene rings is 2. The van der Waals surface area contributed by atoms with E-state index in [4.69, 9.17) is 25.9 Å². The Hall–Kier alpha value is -2.46. The Kier molecular flexibility index (Phi) is 3.54. The topological polar surface area (TPSA) is 59.7 Å². The van der Waals surface area contributed by atoms with Crippen LogP contribution in [0.4, 0.5) is 0 Å². The highest BCUT2D eigenvalue weighted by Crippen LogP contribution is 2.23. The first-order valence-electron chi connectivity index (χ1n) is 6.26. The number of halogens is 1. The Morgan fingerprint density at radius 2 is 2.05 bits per heavy atom. The van der Waals surface area contributed by atoms with Crippen molar-refractivity contribution < 1.29 is 19.1 Å². The zero-order valence-corrected chi connectivity index (χ0v) is 11.6. The first-order chi connectivity index (χ1) is 10.1. The van der Waals surface area contributed by atoms with Gasteiger partial charge in [-0.15, -0.1) is 0 Å². The molecule has 0 aliphatic rings. The van der Waals surface area contributed by atoms with Crippen LogP contribution in [0.1, 0.15) is 16.1 Å². The molecule has 0 amide bonds. The summed E-state index contributed by atoms with van der Waals surface area (Å²) in [5.74, 6) is 0.284. The smallest absolute Gasteiger partial charge is 0.335 e. The summed E-state index contributed by atoms with van der Waals surface area (Å²) in [4.78, 5) is 10.9. The van der Waals surface area contributed by atoms with Gasteiger partial charge in [-0.25, -0.2) is 4.79 Å². The van der Waals surface area contributed by atoms with Gasteiger partial charge in [0.1, 0.15) is 23.7 Å². The van der Waals surface area contributed by atoms with Crippen molar-refractivity contribution in [2.75, 3.05) is 0 Å². The van der Waals surface area contributed by atoms with Crippen molar-refractivity contribution in [2.24, 2.45) is 0 Å². The Bertz CT molecular complexity index is 807. The minimum Gasteiger partial charge on any atom is -0.486 e. The minimum atomic E-state index is -0.981. The van der Waals surface area contributed by atoms with Gasteiger partial charge in [0.05, 0.1) is 5.56 Å². The van der Waals surface area contributed by atoms with Crippen molar-refractivity contribution >= 4 is 28.5 Å². The molecule has 3 aromatic rings. The van der Waals surface area contributed by atoms with Crippen molar-refractivity contribution in [3.63, 3.8) is 0 Å². The first-order valence-corrected chi connectivity index (χ1v) is 6.64. The van der Waals surface area contributed by atoms with Gasteiger partial charge in [-0.2, -0.15) is 0 Å². The van der Waals surface area contributed by atoms with E-state index in [0.717, 1.165) is 5.39 Å². The molecule has 1 aromatic heterocycles. The fourth-order valence-corrected chi connectivity index (χ4v) is 2.18. The molecular weight excluding hydrogens is 292 g/mol. The van der Waals surface area contributed by atoms with Crippen LogP contribution in [0.15, 0.2) is 52.9 Å². The van der Waals surface area contributed by atoms with E-state index in [-0.39, 0.29) is 12.2 Å². The molecule has 0 radical (unpaired) electrons. The fourth-order valence-electron chi connectivity index (χ4n) is 2.00. The molecule has 2 aromatic carbocycles. The molecule has 106 valence electrons. The van der Waals surface area contributed by atoms with E-state index in [1.165, 1.54) is 6.07 Å². The summed E-state index contributed by atoms with van der Waals surface area (Å²) in [5.41, 5.74) is 0.721. The molecule has 0 aliphatic carbocycles. The molecule has 1 heterocycles. The van der Waals surface area contributed by atoms with E-state index in [2.05, 4.69) is 0 Å². The standard InChI is InChI=1S/C16H11ClO4/c17-12-2-1-3-13(8-12)20-9-14-6-10-4-5-11(16(18)19)7-15(10)21-14/h1-8H,9H2,(H,18,19). The van der Waals surface area contributed by atoms with Crippen molar-refractivity contribution in [3.05, 3.63) is 64.9 Å². The van der Waals surface area contributed by atoms with Crippen LogP contribution < -0.4 is 4.74 Å². The third kappa shape index (κ3) is 3.01. The average Bonchev–Trinajstić information content (AvgIpc) is 2.87. The van der Waals surface area contributed by atoms with Crippen molar-refractivity contribution in [1.29, 1.82) is 0 Å². The van der Waals surface area contributed by atoms with Crippen molar-refractivity contribution in [3.8, 4) is 5.75 Å². The predicted molar refractivity (Wildman–Crippen MR) is 79.0 cm³/mol. The number of carboxylic acid groups (broad SMARTS) is 1. The first kappa shape index (κ1) is 13.5. The quantitative estimate of drug-likeness (QED) is 0.777. The summed E-state index contributed by atoms with van der Waals surface area (Å²) < 4.78 is 11.2. The molecule has 0 spiro atoms. The van der Waals surface area contributed by atoms with Crippen molar-refractivity contribution in [2.45, 2.75) is 6.61 Å². The number of carbonyl (C=O) groups is 1. The normalized spacial score (nSPS) is 10.7. The van der Waals surface area contributed by atoms with E-state index in [9.17, 15) is 4.79 Å². The summed E-state index contributed by atoms with van der Waals surface area (Å²) in [6.45, 7) is 0.247. The summed E-state index contributed by atoms with van der Waals surface area (Å²) in [7, 11) is 0. The highest BCUT2D eigenvalue weighted by molar-refractivity contribution is 6.30. The molecule has 0 aliphatic heterocycles. The van der Waals surface area contributed by atoms with Gasteiger partial charge in [0.2, 0.25) is 0 Å². The van der Waals surface area contributed by atoms with Gasteiger partial charge in [-0.1, -0.05) is 23.7 Å². The number of carboxylic acids is 1. The number of hydrogen-bond acceptors (Lipinski definition) is 3. The van der Waals surface area contributed by atoms with Gasteiger partial charge < -0.3 is 14.3 Å². The van der Waals surface area contributed by atoms with Crippen LogP contribution in [-0.2, 0) is 6.61 Å². The molecule has 3 rings (SSSR count). The van der Waals surface area contributed by atoms with Gasteiger partial charge in [0, 0.05) is 10.4 Å². The second-order valence-corrected chi connectivity index (χ2v) is 4.95. The zero-order valence-electron chi connectivity index (χ0n) is 10.9. The summed E-state index contributed by atoms with van der Waals surface area (Å²) in [5, 5.41) is 10.4. The van der Waals surface area contributed by atoms with E-state index in [0.29, 0.717) is 22.1 Å². The lowest BCUT2D eigenvalue weighted by Crippen LogP contribution is -1.94. The molecule has 0 saturated carbocycles. The van der Waals surface area contributed by atoms with Gasteiger partial charge >= 0.3 is 5.97 Å².